The van der Waals surface area contributed by atoms with Gasteiger partial charge in [-0.1, -0.05) is 29.8 Å². The van der Waals surface area contributed by atoms with Crippen LogP contribution in [-0.4, -0.2) is 28.4 Å². The van der Waals surface area contributed by atoms with Crippen molar-refractivity contribution in [1.29, 1.82) is 0 Å². The van der Waals surface area contributed by atoms with Crippen LogP contribution in [0.5, 0.6) is 0 Å². The van der Waals surface area contributed by atoms with Crippen molar-refractivity contribution in [2.75, 3.05) is 4.72 Å². The number of anilines is 1. The van der Waals surface area contributed by atoms with Crippen LogP contribution in [0.3, 0.4) is 0 Å². The summed E-state index contributed by atoms with van der Waals surface area (Å²) in [6, 6.07) is 11.0. The molecule has 0 fully saturated rings. The minimum atomic E-state index is -3.92. The molecule has 0 spiro atoms. The van der Waals surface area contributed by atoms with Crippen molar-refractivity contribution in [3.8, 4) is 16.8 Å². The molecule has 0 aliphatic heterocycles. The largest absolute Gasteiger partial charge is 0.285 e. The van der Waals surface area contributed by atoms with Crippen LogP contribution in [0.25, 0.3) is 16.8 Å². The molecule has 2 N–H and O–H groups in total. The van der Waals surface area contributed by atoms with Crippen LogP contribution in [0.15, 0.2) is 72.1 Å². The topological polar surface area (TPSA) is 92.7 Å². The molecule has 2 aromatic carbocycles. The van der Waals surface area contributed by atoms with Crippen LogP contribution in [-0.2, 0) is 10.0 Å². The zero-order chi connectivity index (χ0) is 19.7. The van der Waals surface area contributed by atoms with Crippen LogP contribution >= 0.6 is 11.6 Å². The predicted molar refractivity (Wildman–Crippen MR) is 103 cm³/mol. The van der Waals surface area contributed by atoms with E-state index in [0.29, 0.717) is 16.9 Å². The maximum Gasteiger partial charge on any atom is 0.265 e. The molecule has 0 atom stereocenters. The van der Waals surface area contributed by atoms with Crippen molar-refractivity contribution >= 4 is 27.3 Å². The van der Waals surface area contributed by atoms with Crippen LogP contribution in [0.4, 0.5) is 10.1 Å². The highest BCUT2D eigenvalue weighted by atomic mass is 35.5. The van der Waals surface area contributed by atoms with Gasteiger partial charge in [-0.3, -0.25) is 9.82 Å². The highest BCUT2D eigenvalue weighted by Crippen LogP contribution is 2.29. The number of halogens is 2. The first-order valence-corrected chi connectivity index (χ1v) is 9.91. The van der Waals surface area contributed by atoms with Crippen LogP contribution in [0, 0.1) is 5.82 Å². The molecule has 0 aliphatic carbocycles. The van der Waals surface area contributed by atoms with Gasteiger partial charge in [-0.05, 0) is 18.2 Å². The second-order valence-electron chi connectivity index (χ2n) is 5.86. The summed E-state index contributed by atoms with van der Waals surface area (Å²) >= 11 is 5.68. The summed E-state index contributed by atoms with van der Waals surface area (Å²) < 4.78 is 43.1. The smallest absolute Gasteiger partial charge is 0.265 e. The van der Waals surface area contributed by atoms with Crippen molar-refractivity contribution in [1.82, 2.24) is 20.0 Å². The number of benzene rings is 2. The summed E-state index contributed by atoms with van der Waals surface area (Å²) in [6.45, 7) is 0. The summed E-state index contributed by atoms with van der Waals surface area (Å²) in [7, 11) is -3.92. The maximum absolute atomic E-state index is 13.7. The monoisotopic (exact) mass is 417 g/mol. The van der Waals surface area contributed by atoms with Gasteiger partial charge in [0.25, 0.3) is 10.0 Å². The molecule has 0 aliphatic rings. The van der Waals surface area contributed by atoms with E-state index in [1.54, 1.807) is 36.7 Å². The number of rotatable bonds is 5. The molecule has 0 bridgehead atoms. The Morgan fingerprint density at radius 1 is 1.14 bits per heavy atom. The first kappa shape index (κ1) is 18.2. The van der Waals surface area contributed by atoms with E-state index in [1.807, 2.05) is 0 Å². The van der Waals surface area contributed by atoms with E-state index in [-0.39, 0.29) is 9.92 Å². The van der Waals surface area contributed by atoms with Crippen molar-refractivity contribution < 1.29 is 12.8 Å². The number of para-hydroxylation sites is 1. The fourth-order valence-corrected chi connectivity index (χ4v) is 3.77. The molecule has 10 heteroatoms. The zero-order valence-corrected chi connectivity index (χ0v) is 15.7. The van der Waals surface area contributed by atoms with E-state index >= 15 is 0 Å². The minimum absolute atomic E-state index is 0.0266. The van der Waals surface area contributed by atoms with Gasteiger partial charge in [0, 0.05) is 23.4 Å². The Morgan fingerprint density at radius 3 is 2.71 bits per heavy atom. The van der Waals surface area contributed by atoms with Gasteiger partial charge in [0.1, 0.15) is 10.7 Å². The van der Waals surface area contributed by atoms with E-state index in [0.717, 1.165) is 5.56 Å². The summed E-state index contributed by atoms with van der Waals surface area (Å²) in [5, 5.41) is 10.6. The molecular formula is C18H13ClFN5O2S. The lowest BCUT2D eigenvalue weighted by Crippen LogP contribution is -2.13. The van der Waals surface area contributed by atoms with Gasteiger partial charge in [-0.2, -0.15) is 10.2 Å². The summed E-state index contributed by atoms with van der Waals surface area (Å²) in [4.78, 5) is -0.0649. The number of aromatic nitrogens is 4. The SMILES string of the molecule is O=S(=O)(Nc1ccccc1-c1cn[nH]c1)c1cnn(-c2ccc(Cl)c(F)c2)c1. The zero-order valence-electron chi connectivity index (χ0n) is 14.2. The highest BCUT2D eigenvalue weighted by Gasteiger charge is 2.19. The average Bonchev–Trinajstić information content (AvgIpc) is 3.36. The number of hydrogen-bond donors (Lipinski definition) is 2. The molecule has 2 heterocycles. The maximum atomic E-state index is 13.7. The van der Waals surface area contributed by atoms with Gasteiger partial charge in [-0.25, -0.2) is 17.5 Å². The molecule has 0 saturated heterocycles. The molecule has 7 nitrogen and oxygen atoms in total. The second-order valence-corrected chi connectivity index (χ2v) is 7.95. The van der Waals surface area contributed by atoms with Gasteiger partial charge in [0.15, 0.2) is 0 Å². The number of hydrogen-bond acceptors (Lipinski definition) is 4. The van der Waals surface area contributed by atoms with Crippen molar-refractivity contribution in [2.24, 2.45) is 0 Å². The van der Waals surface area contributed by atoms with Crippen molar-refractivity contribution in [2.45, 2.75) is 4.90 Å². The molecule has 0 saturated carbocycles. The minimum Gasteiger partial charge on any atom is -0.285 e. The molecule has 142 valence electrons. The Kier molecular flexibility index (Phi) is 4.62. The lowest BCUT2D eigenvalue weighted by Gasteiger charge is -2.10. The molecule has 4 aromatic rings. The van der Waals surface area contributed by atoms with Crippen LogP contribution < -0.4 is 4.72 Å². The van der Waals surface area contributed by atoms with Gasteiger partial charge in [0.05, 0.1) is 35.0 Å². The van der Waals surface area contributed by atoms with E-state index < -0.39 is 15.8 Å². The Balaban J connectivity index is 1.66. The second kappa shape index (κ2) is 7.10. The lowest BCUT2D eigenvalue weighted by molar-refractivity contribution is 0.601. The highest BCUT2D eigenvalue weighted by molar-refractivity contribution is 7.92. The fourth-order valence-electron chi connectivity index (χ4n) is 2.64. The van der Waals surface area contributed by atoms with Crippen molar-refractivity contribution in [3.05, 3.63) is 78.1 Å². The summed E-state index contributed by atoms with van der Waals surface area (Å²) in [6.07, 6.45) is 5.75. The number of aromatic amines is 1. The Hall–Kier alpha value is -3.17. The standard InChI is InChI=1S/C18H13ClFN5O2S/c19-16-6-5-13(7-17(16)20)25-11-14(10-23-25)28(26,27)24-18-4-2-1-3-15(18)12-8-21-22-9-12/h1-11,24H,(H,21,22). The average molecular weight is 418 g/mol. The third kappa shape index (κ3) is 3.49. The normalized spacial score (nSPS) is 11.5. The number of sulfonamides is 1. The van der Waals surface area contributed by atoms with Crippen LogP contribution in [0.1, 0.15) is 0 Å². The van der Waals surface area contributed by atoms with Crippen molar-refractivity contribution in [3.63, 3.8) is 0 Å². The third-order valence-electron chi connectivity index (χ3n) is 4.02. The molecule has 2 aromatic heterocycles. The predicted octanol–water partition coefficient (Wildman–Crippen LogP) is 3.86. The van der Waals surface area contributed by atoms with Gasteiger partial charge in [0.2, 0.25) is 0 Å². The van der Waals surface area contributed by atoms with E-state index in [9.17, 15) is 12.8 Å². The Bertz CT molecular complexity index is 1240. The molecule has 0 radical (unpaired) electrons. The summed E-state index contributed by atoms with van der Waals surface area (Å²) in [5.41, 5.74) is 2.16. The number of H-pyrrole nitrogens is 1. The molecular weight excluding hydrogens is 405 g/mol. The first-order chi connectivity index (χ1) is 13.4. The van der Waals surface area contributed by atoms with Crippen LogP contribution in [0.2, 0.25) is 5.02 Å². The van der Waals surface area contributed by atoms with E-state index in [4.69, 9.17) is 11.6 Å². The number of nitrogens with zero attached hydrogens (tertiary/aromatic N) is 3. The van der Waals surface area contributed by atoms with Gasteiger partial charge in [-0.15, -0.1) is 0 Å². The third-order valence-corrected chi connectivity index (χ3v) is 5.64. The Labute approximate surface area is 164 Å². The first-order valence-electron chi connectivity index (χ1n) is 8.05. The fraction of sp³-hybridized carbons (Fsp3) is 0. The lowest BCUT2D eigenvalue weighted by atomic mass is 10.1. The summed E-state index contributed by atoms with van der Waals surface area (Å²) in [5.74, 6) is -0.619. The van der Waals surface area contributed by atoms with E-state index in [1.165, 1.54) is 35.3 Å². The van der Waals surface area contributed by atoms with E-state index in [2.05, 4.69) is 20.0 Å². The molecule has 0 unspecified atom stereocenters. The Morgan fingerprint density at radius 2 is 1.96 bits per heavy atom. The molecule has 4 rings (SSSR count). The number of nitrogens with one attached hydrogen (secondary N) is 2. The quantitative estimate of drug-likeness (QED) is 0.515. The van der Waals surface area contributed by atoms with Gasteiger partial charge < -0.3 is 0 Å². The van der Waals surface area contributed by atoms with Gasteiger partial charge >= 0.3 is 0 Å². The molecule has 28 heavy (non-hydrogen) atoms. The molecule has 0 amide bonds.